The standard InChI is InChI=1S/C17H23N3O2/c1-3-20(14-7-5-4-6-8-14)12-17(2,21)22-16-10-9-13(18)11-15(16)19/h4-11,21H,3,12,18-19H2,1-2H3. The third-order valence-corrected chi connectivity index (χ3v) is 3.35. The Bertz CT molecular complexity index is 615. The largest absolute Gasteiger partial charge is 0.459 e. The van der Waals surface area contributed by atoms with Crippen LogP contribution in [0.3, 0.4) is 0 Å². The number of anilines is 3. The summed E-state index contributed by atoms with van der Waals surface area (Å²) in [6.45, 7) is 4.72. The van der Waals surface area contributed by atoms with E-state index in [1.165, 1.54) is 0 Å². The average Bonchev–Trinajstić information content (AvgIpc) is 2.49. The zero-order chi connectivity index (χ0) is 16.2. The van der Waals surface area contributed by atoms with Gasteiger partial charge in [-0.3, -0.25) is 0 Å². The lowest BCUT2D eigenvalue weighted by Crippen LogP contribution is -2.45. The van der Waals surface area contributed by atoms with E-state index in [0.717, 1.165) is 12.2 Å². The van der Waals surface area contributed by atoms with Crippen LogP contribution in [0.15, 0.2) is 48.5 Å². The molecule has 0 saturated carbocycles. The van der Waals surface area contributed by atoms with E-state index in [1.807, 2.05) is 42.2 Å². The normalized spacial score (nSPS) is 13.4. The Hall–Kier alpha value is -2.40. The molecule has 2 rings (SSSR count). The topological polar surface area (TPSA) is 84.7 Å². The molecule has 0 saturated heterocycles. The highest BCUT2D eigenvalue weighted by molar-refractivity contribution is 5.60. The molecule has 2 aromatic rings. The Morgan fingerprint density at radius 3 is 2.41 bits per heavy atom. The van der Waals surface area contributed by atoms with Crippen LogP contribution < -0.4 is 21.1 Å². The molecule has 1 unspecified atom stereocenters. The van der Waals surface area contributed by atoms with Crippen LogP contribution in [-0.4, -0.2) is 24.0 Å². The smallest absolute Gasteiger partial charge is 0.223 e. The quantitative estimate of drug-likeness (QED) is 0.564. The molecule has 5 nitrogen and oxygen atoms in total. The number of para-hydroxylation sites is 1. The molecule has 0 fully saturated rings. The van der Waals surface area contributed by atoms with Gasteiger partial charge in [0.05, 0.1) is 12.2 Å². The van der Waals surface area contributed by atoms with E-state index in [4.69, 9.17) is 16.2 Å². The van der Waals surface area contributed by atoms with Gasteiger partial charge in [-0.15, -0.1) is 0 Å². The lowest BCUT2D eigenvalue weighted by molar-refractivity contribution is -0.112. The summed E-state index contributed by atoms with van der Waals surface area (Å²) in [7, 11) is 0. The summed E-state index contributed by atoms with van der Waals surface area (Å²) in [5.41, 5.74) is 13.5. The number of nitrogens with zero attached hydrogens (tertiary/aromatic N) is 1. The number of ether oxygens (including phenoxy) is 1. The number of likely N-dealkylation sites (N-methyl/N-ethyl adjacent to an activating group) is 1. The van der Waals surface area contributed by atoms with E-state index < -0.39 is 5.79 Å². The molecule has 0 aliphatic heterocycles. The van der Waals surface area contributed by atoms with Crippen LogP contribution in [0.5, 0.6) is 5.75 Å². The molecule has 0 radical (unpaired) electrons. The average molecular weight is 301 g/mol. The van der Waals surface area contributed by atoms with Crippen LogP contribution in [0.25, 0.3) is 0 Å². The summed E-state index contributed by atoms with van der Waals surface area (Å²) in [5.74, 6) is -0.959. The van der Waals surface area contributed by atoms with Crippen molar-refractivity contribution in [3.05, 3.63) is 48.5 Å². The van der Waals surface area contributed by atoms with Crippen molar-refractivity contribution in [3.8, 4) is 5.75 Å². The molecule has 0 aliphatic rings. The van der Waals surface area contributed by atoms with Gasteiger partial charge in [0, 0.05) is 24.8 Å². The van der Waals surface area contributed by atoms with Crippen molar-refractivity contribution in [2.45, 2.75) is 19.6 Å². The lowest BCUT2D eigenvalue weighted by atomic mass is 10.2. The van der Waals surface area contributed by atoms with Crippen molar-refractivity contribution in [1.82, 2.24) is 0 Å². The van der Waals surface area contributed by atoms with Gasteiger partial charge in [-0.25, -0.2) is 0 Å². The fourth-order valence-electron chi connectivity index (χ4n) is 2.31. The van der Waals surface area contributed by atoms with Crippen molar-refractivity contribution in [2.24, 2.45) is 0 Å². The van der Waals surface area contributed by atoms with Gasteiger partial charge < -0.3 is 26.2 Å². The third kappa shape index (κ3) is 4.05. The van der Waals surface area contributed by atoms with Crippen LogP contribution in [0.1, 0.15) is 13.8 Å². The van der Waals surface area contributed by atoms with Crippen molar-refractivity contribution < 1.29 is 9.84 Å². The minimum absolute atomic E-state index is 0.317. The van der Waals surface area contributed by atoms with E-state index in [9.17, 15) is 5.11 Å². The number of nitrogen functional groups attached to an aromatic ring is 2. The van der Waals surface area contributed by atoms with Gasteiger partial charge in [0.1, 0.15) is 5.75 Å². The molecule has 5 heteroatoms. The molecule has 0 heterocycles. The van der Waals surface area contributed by atoms with E-state index in [-0.39, 0.29) is 0 Å². The summed E-state index contributed by atoms with van der Waals surface area (Å²) in [6.07, 6.45) is 0. The number of hydrogen-bond acceptors (Lipinski definition) is 5. The van der Waals surface area contributed by atoms with Gasteiger partial charge in [0.2, 0.25) is 5.79 Å². The van der Waals surface area contributed by atoms with Gasteiger partial charge in [0.15, 0.2) is 0 Å². The summed E-state index contributed by atoms with van der Waals surface area (Å²) >= 11 is 0. The molecule has 0 spiro atoms. The van der Waals surface area contributed by atoms with E-state index >= 15 is 0 Å². The molecule has 1 atom stereocenters. The minimum Gasteiger partial charge on any atom is -0.459 e. The monoisotopic (exact) mass is 301 g/mol. The molecule has 5 N–H and O–H groups in total. The molecule has 0 bridgehead atoms. The van der Waals surface area contributed by atoms with E-state index in [2.05, 4.69) is 0 Å². The zero-order valence-corrected chi connectivity index (χ0v) is 13.0. The Labute approximate surface area is 131 Å². The Morgan fingerprint density at radius 2 is 1.82 bits per heavy atom. The van der Waals surface area contributed by atoms with Crippen LogP contribution in [0, 0.1) is 0 Å². The number of nitrogens with two attached hydrogens (primary N) is 2. The molecule has 118 valence electrons. The first-order valence-electron chi connectivity index (χ1n) is 7.27. The third-order valence-electron chi connectivity index (χ3n) is 3.35. The van der Waals surface area contributed by atoms with Crippen molar-refractivity contribution in [1.29, 1.82) is 0 Å². The summed E-state index contributed by atoms with van der Waals surface area (Å²) in [6, 6.07) is 14.8. The second kappa shape index (κ2) is 6.58. The van der Waals surface area contributed by atoms with Crippen LogP contribution in [0.4, 0.5) is 17.1 Å². The number of hydrogen-bond donors (Lipinski definition) is 3. The maximum absolute atomic E-state index is 10.6. The van der Waals surface area contributed by atoms with Crippen LogP contribution in [0.2, 0.25) is 0 Å². The first-order valence-corrected chi connectivity index (χ1v) is 7.27. The van der Waals surface area contributed by atoms with Gasteiger partial charge in [0.25, 0.3) is 0 Å². The first kappa shape index (κ1) is 16.0. The zero-order valence-electron chi connectivity index (χ0n) is 13.0. The fraction of sp³-hybridized carbons (Fsp3) is 0.294. The molecular weight excluding hydrogens is 278 g/mol. The molecule has 22 heavy (non-hydrogen) atoms. The second-order valence-electron chi connectivity index (χ2n) is 5.42. The maximum Gasteiger partial charge on any atom is 0.223 e. The molecular formula is C17H23N3O2. The van der Waals surface area contributed by atoms with Crippen LogP contribution in [-0.2, 0) is 0 Å². The van der Waals surface area contributed by atoms with E-state index in [1.54, 1.807) is 25.1 Å². The highest BCUT2D eigenvalue weighted by Crippen LogP contribution is 2.27. The SMILES string of the molecule is CCN(CC(C)(O)Oc1ccc(N)cc1N)c1ccccc1. The van der Waals surface area contributed by atoms with Crippen molar-refractivity contribution >= 4 is 17.1 Å². The summed E-state index contributed by atoms with van der Waals surface area (Å²) < 4.78 is 5.67. The Balaban J connectivity index is 2.12. The predicted molar refractivity (Wildman–Crippen MR) is 90.8 cm³/mol. The molecule has 0 amide bonds. The van der Waals surface area contributed by atoms with Gasteiger partial charge >= 0.3 is 0 Å². The molecule has 0 aromatic heterocycles. The minimum atomic E-state index is -1.38. The molecule has 0 aliphatic carbocycles. The molecule has 2 aromatic carbocycles. The first-order chi connectivity index (χ1) is 10.4. The highest BCUT2D eigenvalue weighted by Gasteiger charge is 2.26. The lowest BCUT2D eigenvalue weighted by Gasteiger charge is -2.33. The highest BCUT2D eigenvalue weighted by atomic mass is 16.6. The number of rotatable bonds is 6. The van der Waals surface area contributed by atoms with Gasteiger partial charge in [-0.2, -0.15) is 0 Å². The summed E-state index contributed by atoms with van der Waals surface area (Å²) in [4.78, 5) is 2.04. The summed E-state index contributed by atoms with van der Waals surface area (Å²) in [5, 5.41) is 10.6. The van der Waals surface area contributed by atoms with Crippen molar-refractivity contribution in [3.63, 3.8) is 0 Å². The van der Waals surface area contributed by atoms with E-state index in [0.29, 0.717) is 23.7 Å². The Morgan fingerprint density at radius 1 is 1.14 bits per heavy atom. The fourth-order valence-corrected chi connectivity index (χ4v) is 2.31. The van der Waals surface area contributed by atoms with Gasteiger partial charge in [-0.05, 0) is 37.3 Å². The predicted octanol–water partition coefficient (Wildman–Crippen LogP) is 2.46. The number of benzene rings is 2. The van der Waals surface area contributed by atoms with Crippen molar-refractivity contribution in [2.75, 3.05) is 29.5 Å². The van der Waals surface area contributed by atoms with Gasteiger partial charge in [-0.1, -0.05) is 18.2 Å². The number of aliphatic hydroxyl groups is 1. The Kier molecular flexibility index (Phi) is 4.78. The maximum atomic E-state index is 10.6. The second-order valence-corrected chi connectivity index (χ2v) is 5.42. The van der Waals surface area contributed by atoms with Crippen LogP contribution >= 0.6 is 0 Å².